The molecule has 2 N–H and O–H groups in total. The van der Waals surface area contributed by atoms with Crippen molar-refractivity contribution in [1.29, 1.82) is 0 Å². The Balaban J connectivity index is 2.71. The van der Waals surface area contributed by atoms with Crippen LogP contribution in [0.2, 0.25) is 0 Å². The first-order valence-corrected chi connectivity index (χ1v) is 5.52. The van der Waals surface area contributed by atoms with Crippen LogP contribution in [0.5, 0.6) is 0 Å². The second-order valence-electron chi connectivity index (χ2n) is 4.14. The van der Waals surface area contributed by atoms with Crippen LogP contribution in [0.4, 0.5) is 5.82 Å². The summed E-state index contributed by atoms with van der Waals surface area (Å²) in [6.45, 7) is 0. The second kappa shape index (κ2) is 6.32. The SMILES string of the molecule is COC(=O)CC(O)C(O)c1ccc(N(C)C)nc1. The van der Waals surface area contributed by atoms with E-state index in [-0.39, 0.29) is 6.42 Å². The zero-order valence-corrected chi connectivity index (χ0v) is 10.7. The lowest BCUT2D eigenvalue weighted by atomic mass is 10.0. The number of hydrogen-bond donors (Lipinski definition) is 2. The van der Waals surface area contributed by atoms with Crippen LogP contribution in [0.15, 0.2) is 18.3 Å². The molecule has 2 atom stereocenters. The van der Waals surface area contributed by atoms with Crippen molar-refractivity contribution in [3.8, 4) is 0 Å². The van der Waals surface area contributed by atoms with Crippen LogP contribution < -0.4 is 4.90 Å². The number of rotatable bonds is 5. The van der Waals surface area contributed by atoms with Crippen LogP contribution in [-0.2, 0) is 9.53 Å². The van der Waals surface area contributed by atoms with E-state index in [1.165, 1.54) is 13.3 Å². The topological polar surface area (TPSA) is 82.9 Å². The number of methoxy groups -OCH3 is 1. The lowest BCUT2D eigenvalue weighted by molar-refractivity contribution is -0.144. The van der Waals surface area contributed by atoms with E-state index in [1.807, 2.05) is 19.0 Å². The molecule has 0 aliphatic heterocycles. The fourth-order valence-electron chi connectivity index (χ4n) is 1.42. The molecule has 0 spiro atoms. The van der Waals surface area contributed by atoms with Crippen LogP contribution in [0, 0.1) is 0 Å². The van der Waals surface area contributed by atoms with Gasteiger partial charge in [0, 0.05) is 25.9 Å². The van der Waals surface area contributed by atoms with Crippen LogP contribution in [0.25, 0.3) is 0 Å². The number of anilines is 1. The zero-order chi connectivity index (χ0) is 13.7. The minimum Gasteiger partial charge on any atom is -0.469 e. The largest absolute Gasteiger partial charge is 0.469 e. The van der Waals surface area contributed by atoms with Gasteiger partial charge >= 0.3 is 5.97 Å². The zero-order valence-electron chi connectivity index (χ0n) is 10.7. The Morgan fingerprint density at radius 1 is 1.44 bits per heavy atom. The minimum atomic E-state index is -1.20. The van der Waals surface area contributed by atoms with Crippen LogP contribution >= 0.6 is 0 Å². The molecule has 0 aliphatic rings. The van der Waals surface area contributed by atoms with Crippen LogP contribution in [-0.4, -0.2) is 48.5 Å². The van der Waals surface area contributed by atoms with Crippen molar-refractivity contribution in [2.45, 2.75) is 18.6 Å². The van der Waals surface area contributed by atoms with Gasteiger partial charge in [-0.2, -0.15) is 0 Å². The number of carbonyl (C=O) groups excluding carboxylic acids is 1. The summed E-state index contributed by atoms with van der Waals surface area (Å²) in [6.07, 6.45) is -1.15. The maximum Gasteiger partial charge on any atom is 0.308 e. The maximum atomic E-state index is 11.0. The normalized spacial score (nSPS) is 13.8. The van der Waals surface area contributed by atoms with Crippen molar-refractivity contribution in [2.24, 2.45) is 0 Å². The van der Waals surface area contributed by atoms with Crippen LogP contribution in [0.3, 0.4) is 0 Å². The molecule has 18 heavy (non-hydrogen) atoms. The monoisotopic (exact) mass is 254 g/mol. The molecule has 1 heterocycles. The molecule has 0 aliphatic carbocycles. The van der Waals surface area contributed by atoms with E-state index in [2.05, 4.69) is 9.72 Å². The first-order valence-electron chi connectivity index (χ1n) is 5.52. The van der Waals surface area contributed by atoms with E-state index < -0.39 is 18.2 Å². The number of esters is 1. The molecule has 1 rings (SSSR count). The number of aromatic nitrogens is 1. The molecule has 0 saturated carbocycles. The van der Waals surface area contributed by atoms with Gasteiger partial charge in [0.15, 0.2) is 0 Å². The van der Waals surface area contributed by atoms with E-state index in [4.69, 9.17) is 0 Å². The average molecular weight is 254 g/mol. The lowest BCUT2D eigenvalue weighted by Crippen LogP contribution is -2.23. The summed E-state index contributed by atoms with van der Waals surface area (Å²) in [6, 6.07) is 3.39. The molecular formula is C12H18N2O4. The maximum absolute atomic E-state index is 11.0. The Hall–Kier alpha value is -1.66. The molecule has 1 aromatic rings. The van der Waals surface area contributed by atoms with Crippen molar-refractivity contribution in [3.05, 3.63) is 23.9 Å². The standard InChI is InChI=1S/C12H18N2O4/c1-14(2)10-5-4-8(7-13-10)12(17)9(15)6-11(16)18-3/h4-5,7,9,12,15,17H,6H2,1-3H3. The van der Waals surface area contributed by atoms with Gasteiger partial charge in [-0.25, -0.2) is 4.98 Å². The smallest absolute Gasteiger partial charge is 0.308 e. The third-order valence-electron chi connectivity index (χ3n) is 2.54. The van der Waals surface area contributed by atoms with Gasteiger partial charge in [-0.1, -0.05) is 6.07 Å². The van der Waals surface area contributed by atoms with Crippen molar-refractivity contribution >= 4 is 11.8 Å². The van der Waals surface area contributed by atoms with E-state index in [0.29, 0.717) is 5.56 Å². The number of aliphatic hydroxyl groups is 2. The highest BCUT2D eigenvalue weighted by Gasteiger charge is 2.22. The number of ether oxygens (including phenoxy) is 1. The highest BCUT2D eigenvalue weighted by Crippen LogP contribution is 2.20. The highest BCUT2D eigenvalue weighted by atomic mass is 16.5. The molecule has 1 aromatic heterocycles. The first kappa shape index (κ1) is 14.4. The van der Waals surface area contributed by atoms with Crippen molar-refractivity contribution < 1.29 is 19.7 Å². The van der Waals surface area contributed by atoms with Gasteiger partial charge in [-0.3, -0.25) is 4.79 Å². The number of pyridine rings is 1. The summed E-state index contributed by atoms with van der Waals surface area (Å²) in [7, 11) is 4.93. The van der Waals surface area contributed by atoms with E-state index in [1.54, 1.807) is 12.1 Å². The molecule has 0 amide bonds. The van der Waals surface area contributed by atoms with Gasteiger partial charge in [-0.15, -0.1) is 0 Å². The van der Waals surface area contributed by atoms with Gasteiger partial charge in [0.05, 0.1) is 19.6 Å². The predicted molar refractivity (Wildman–Crippen MR) is 66.2 cm³/mol. The Labute approximate surface area is 106 Å². The highest BCUT2D eigenvalue weighted by molar-refractivity contribution is 5.69. The molecule has 6 nitrogen and oxygen atoms in total. The van der Waals surface area contributed by atoms with Crippen molar-refractivity contribution in [3.63, 3.8) is 0 Å². The lowest BCUT2D eigenvalue weighted by Gasteiger charge is -2.18. The van der Waals surface area contributed by atoms with Crippen molar-refractivity contribution in [2.75, 3.05) is 26.1 Å². The summed E-state index contributed by atoms with van der Waals surface area (Å²) in [5.74, 6) is 0.174. The number of aliphatic hydroxyl groups excluding tert-OH is 2. The Morgan fingerprint density at radius 2 is 2.11 bits per heavy atom. The summed E-state index contributed by atoms with van der Waals surface area (Å²) >= 11 is 0. The summed E-state index contributed by atoms with van der Waals surface area (Å²) in [4.78, 5) is 16.9. The molecule has 0 radical (unpaired) electrons. The van der Waals surface area contributed by atoms with Gasteiger partial charge in [0.1, 0.15) is 11.9 Å². The minimum absolute atomic E-state index is 0.257. The second-order valence-corrected chi connectivity index (χ2v) is 4.14. The number of carbonyl (C=O) groups is 1. The van der Waals surface area contributed by atoms with E-state index in [9.17, 15) is 15.0 Å². The van der Waals surface area contributed by atoms with Crippen LogP contribution in [0.1, 0.15) is 18.1 Å². The number of hydrogen-bond acceptors (Lipinski definition) is 6. The fraction of sp³-hybridized carbons (Fsp3) is 0.500. The fourth-order valence-corrected chi connectivity index (χ4v) is 1.42. The molecule has 0 aromatic carbocycles. The van der Waals surface area contributed by atoms with Crippen molar-refractivity contribution in [1.82, 2.24) is 4.98 Å². The average Bonchev–Trinajstić information content (AvgIpc) is 2.37. The predicted octanol–water partition coefficient (Wildman–Crippen LogP) is 0.105. The summed E-state index contributed by atoms with van der Waals surface area (Å²) in [5, 5.41) is 19.5. The molecule has 0 bridgehead atoms. The Bertz CT molecular complexity index is 392. The quantitative estimate of drug-likeness (QED) is 0.725. The Kier molecular flexibility index (Phi) is 5.06. The molecule has 6 heteroatoms. The van der Waals surface area contributed by atoms with Gasteiger partial charge < -0.3 is 19.8 Å². The first-order chi connectivity index (χ1) is 8.45. The summed E-state index contributed by atoms with van der Waals surface area (Å²) < 4.78 is 4.43. The molecule has 2 unspecified atom stereocenters. The van der Waals surface area contributed by atoms with E-state index in [0.717, 1.165) is 5.82 Å². The third-order valence-corrected chi connectivity index (χ3v) is 2.54. The third kappa shape index (κ3) is 3.68. The van der Waals surface area contributed by atoms with Gasteiger partial charge in [0.25, 0.3) is 0 Å². The Morgan fingerprint density at radius 3 is 2.56 bits per heavy atom. The molecular weight excluding hydrogens is 236 g/mol. The molecule has 0 fully saturated rings. The van der Waals surface area contributed by atoms with E-state index >= 15 is 0 Å². The number of nitrogens with zero attached hydrogens (tertiary/aromatic N) is 2. The molecule has 100 valence electrons. The summed E-state index contributed by atoms with van der Waals surface area (Å²) in [5.41, 5.74) is 0.456. The molecule has 0 saturated heterocycles. The van der Waals surface area contributed by atoms with Gasteiger partial charge in [0.2, 0.25) is 0 Å². The van der Waals surface area contributed by atoms with Gasteiger partial charge in [-0.05, 0) is 6.07 Å².